The number of aryl methyl sites for hydroxylation is 1. The maximum atomic E-state index is 11.9. The first-order valence-electron chi connectivity index (χ1n) is 7.09. The Kier molecular flexibility index (Phi) is 5.16. The first kappa shape index (κ1) is 15.3. The molecular weight excluding hydrogens is 270 g/mol. The maximum absolute atomic E-state index is 11.9. The molecule has 0 saturated carbocycles. The highest BCUT2D eigenvalue weighted by Gasteiger charge is 2.26. The number of rotatable bonds is 5. The van der Waals surface area contributed by atoms with Gasteiger partial charge in [0.15, 0.2) is 0 Å². The Morgan fingerprint density at radius 2 is 2.14 bits per heavy atom. The quantitative estimate of drug-likeness (QED) is 0.799. The molecule has 3 N–H and O–H groups in total. The molecule has 0 radical (unpaired) electrons. The van der Waals surface area contributed by atoms with Crippen LogP contribution in [0.4, 0.5) is 4.79 Å². The van der Waals surface area contributed by atoms with Crippen molar-refractivity contribution in [2.45, 2.75) is 31.8 Å². The van der Waals surface area contributed by atoms with Crippen LogP contribution in [0.1, 0.15) is 24.8 Å². The molecule has 21 heavy (non-hydrogen) atoms. The van der Waals surface area contributed by atoms with E-state index in [-0.39, 0.29) is 11.9 Å². The van der Waals surface area contributed by atoms with E-state index in [9.17, 15) is 9.59 Å². The van der Waals surface area contributed by atoms with Crippen molar-refractivity contribution in [1.82, 2.24) is 10.2 Å². The first-order valence-corrected chi connectivity index (χ1v) is 7.09. The van der Waals surface area contributed by atoms with E-state index >= 15 is 0 Å². The van der Waals surface area contributed by atoms with Gasteiger partial charge in [-0.05, 0) is 37.0 Å². The molecule has 114 valence electrons. The van der Waals surface area contributed by atoms with Gasteiger partial charge in [-0.25, -0.2) is 4.79 Å². The Labute approximate surface area is 124 Å². The highest BCUT2D eigenvalue weighted by molar-refractivity contribution is 5.95. The van der Waals surface area contributed by atoms with Crippen molar-refractivity contribution in [3.63, 3.8) is 0 Å². The van der Waals surface area contributed by atoms with Crippen LogP contribution >= 0.6 is 0 Å². The Bertz CT molecular complexity index is 501. The monoisotopic (exact) mass is 291 g/mol. The van der Waals surface area contributed by atoms with Crippen LogP contribution in [-0.2, 0) is 11.2 Å². The molecule has 0 aliphatic carbocycles. The summed E-state index contributed by atoms with van der Waals surface area (Å²) >= 11 is 0. The van der Waals surface area contributed by atoms with Gasteiger partial charge in [0.05, 0.1) is 13.3 Å². The second kappa shape index (κ2) is 7.08. The molecule has 1 heterocycles. The summed E-state index contributed by atoms with van der Waals surface area (Å²) in [6, 6.07) is 7.33. The van der Waals surface area contributed by atoms with Crippen molar-refractivity contribution in [3.8, 4) is 5.75 Å². The summed E-state index contributed by atoms with van der Waals surface area (Å²) in [6.07, 6.45) is 2.06. The Balaban J connectivity index is 1.77. The van der Waals surface area contributed by atoms with E-state index in [0.29, 0.717) is 19.4 Å². The van der Waals surface area contributed by atoms with Crippen LogP contribution in [0.3, 0.4) is 0 Å². The number of imide groups is 1. The molecule has 2 rings (SSSR count). The lowest BCUT2D eigenvalue weighted by Crippen LogP contribution is -2.49. The zero-order chi connectivity index (χ0) is 15.2. The number of hydrogen-bond donors (Lipinski definition) is 2. The average Bonchev–Trinajstić information content (AvgIpc) is 2.92. The minimum atomic E-state index is -0.465. The summed E-state index contributed by atoms with van der Waals surface area (Å²) in [5.41, 5.74) is 7.02. The summed E-state index contributed by atoms with van der Waals surface area (Å²) < 4.78 is 5.10. The van der Waals surface area contributed by atoms with E-state index < -0.39 is 6.17 Å². The molecule has 6 heteroatoms. The van der Waals surface area contributed by atoms with Gasteiger partial charge < -0.3 is 15.8 Å². The highest BCUT2D eigenvalue weighted by atomic mass is 16.5. The third-order valence-electron chi connectivity index (χ3n) is 3.53. The number of amides is 3. The van der Waals surface area contributed by atoms with E-state index in [1.807, 2.05) is 24.3 Å². The van der Waals surface area contributed by atoms with E-state index in [2.05, 4.69) is 5.32 Å². The van der Waals surface area contributed by atoms with Gasteiger partial charge in [0.1, 0.15) is 5.75 Å². The first-order chi connectivity index (χ1) is 10.1. The van der Waals surface area contributed by atoms with Gasteiger partial charge in [-0.2, -0.15) is 0 Å². The lowest BCUT2D eigenvalue weighted by molar-refractivity contribution is -0.125. The van der Waals surface area contributed by atoms with E-state index in [4.69, 9.17) is 10.5 Å². The molecule has 0 spiro atoms. The minimum absolute atomic E-state index is 0.130. The third-order valence-corrected chi connectivity index (χ3v) is 3.53. The fourth-order valence-electron chi connectivity index (χ4n) is 2.29. The summed E-state index contributed by atoms with van der Waals surface area (Å²) in [4.78, 5) is 24.5. The second-order valence-corrected chi connectivity index (χ2v) is 5.09. The van der Waals surface area contributed by atoms with Crippen molar-refractivity contribution in [2.24, 2.45) is 5.73 Å². The Hall–Kier alpha value is -2.08. The number of likely N-dealkylation sites (tertiary alicyclic amines) is 1. The average molecular weight is 291 g/mol. The Morgan fingerprint density at radius 1 is 1.43 bits per heavy atom. The predicted molar refractivity (Wildman–Crippen MR) is 78.8 cm³/mol. The van der Waals surface area contributed by atoms with Crippen LogP contribution in [0.5, 0.6) is 5.75 Å². The molecule has 0 aromatic heterocycles. The Morgan fingerprint density at radius 3 is 2.71 bits per heavy atom. The van der Waals surface area contributed by atoms with Crippen LogP contribution in [-0.4, -0.2) is 36.7 Å². The van der Waals surface area contributed by atoms with Gasteiger partial charge in [-0.15, -0.1) is 0 Å². The SMILES string of the molecule is COc1ccc(CCC(N)NC(=O)N2CCCC2=O)cc1. The van der Waals surface area contributed by atoms with E-state index in [1.54, 1.807) is 7.11 Å². The largest absolute Gasteiger partial charge is 0.497 e. The van der Waals surface area contributed by atoms with Gasteiger partial charge in [-0.1, -0.05) is 12.1 Å². The second-order valence-electron chi connectivity index (χ2n) is 5.09. The van der Waals surface area contributed by atoms with Crippen molar-refractivity contribution in [3.05, 3.63) is 29.8 Å². The molecule has 1 atom stereocenters. The van der Waals surface area contributed by atoms with Crippen molar-refractivity contribution < 1.29 is 14.3 Å². The number of methoxy groups -OCH3 is 1. The molecule has 6 nitrogen and oxygen atoms in total. The lowest BCUT2D eigenvalue weighted by Gasteiger charge is -2.19. The molecule has 1 aliphatic rings. The summed E-state index contributed by atoms with van der Waals surface area (Å²) in [5.74, 6) is 0.679. The minimum Gasteiger partial charge on any atom is -0.497 e. The zero-order valence-electron chi connectivity index (χ0n) is 12.2. The van der Waals surface area contributed by atoms with Crippen LogP contribution in [0.15, 0.2) is 24.3 Å². The van der Waals surface area contributed by atoms with Gasteiger partial charge in [0.25, 0.3) is 0 Å². The molecule has 1 aromatic rings. The van der Waals surface area contributed by atoms with Crippen molar-refractivity contribution in [1.29, 1.82) is 0 Å². The summed E-state index contributed by atoms with van der Waals surface area (Å²) in [5, 5.41) is 2.66. The third kappa shape index (κ3) is 4.19. The smallest absolute Gasteiger partial charge is 0.325 e. The van der Waals surface area contributed by atoms with Gasteiger partial charge in [-0.3, -0.25) is 9.69 Å². The van der Waals surface area contributed by atoms with Gasteiger partial charge >= 0.3 is 6.03 Å². The molecule has 1 saturated heterocycles. The number of carbonyl (C=O) groups excluding carboxylic acids is 2. The van der Waals surface area contributed by atoms with Crippen LogP contribution in [0.25, 0.3) is 0 Å². The normalized spacial score (nSPS) is 15.9. The summed E-state index contributed by atoms with van der Waals surface area (Å²) in [6.45, 7) is 0.482. The van der Waals surface area contributed by atoms with Gasteiger partial charge in [0.2, 0.25) is 5.91 Å². The number of ether oxygens (including phenoxy) is 1. The standard InChI is InChI=1S/C15H21N3O3/c1-21-12-7-4-11(5-8-12)6-9-13(16)17-15(20)18-10-2-3-14(18)19/h4-5,7-8,13H,2-3,6,9-10,16H2,1H3,(H,17,20). The van der Waals surface area contributed by atoms with Crippen molar-refractivity contribution in [2.75, 3.05) is 13.7 Å². The summed E-state index contributed by atoms with van der Waals surface area (Å²) in [7, 11) is 1.63. The molecule has 1 unspecified atom stereocenters. The van der Waals surface area contributed by atoms with E-state index in [0.717, 1.165) is 24.2 Å². The van der Waals surface area contributed by atoms with Crippen LogP contribution in [0.2, 0.25) is 0 Å². The number of urea groups is 1. The number of nitrogens with two attached hydrogens (primary N) is 1. The highest BCUT2D eigenvalue weighted by Crippen LogP contribution is 2.13. The molecule has 0 bridgehead atoms. The number of hydrogen-bond acceptors (Lipinski definition) is 4. The number of nitrogens with zero attached hydrogens (tertiary/aromatic N) is 1. The topological polar surface area (TPSA) is 84.7 Å². The fourth-order valence-corrected chi connectivity index (χ4v) is 2.29. The zero-order valence-corrected chi connectivity index (χ0v) is 12.2. The van der Waals surface area contributed by atoms with Crippen molar-refractivity contribution >= 4 is 11.9 Å². The molecule has 3 amide bonds. The van der Waals surface area contributed by atoms with Crippen LogP contribution in [0, 0.1) is 0 Å². The maximum Gasteiger partial charge on any atom is 0.325 e. The predicted octanol–water partition coefficient (Wildman–Crippen LogP) is 1.24. The molecule has 1 fully saturated rings. The number of benzene rings is 1. The van der Waals surface area contributed by atoms with E-state index in [1.165, 1.54) is 4.90 Å². The molecule has 1 aromatic carbocycles. The van der Waals surface area contributed by atoms with Crippen LogP contribution < -0.4 is 15.8 Å². The van der Waals surface area contributed by atoms with Gasteiger partial charge in [0, 0.05) is 13.0 Å². The lowest BCUT2D eigenvalue weighted by atomic mass is 10.1. The molecule has 1 aliphatic heterocycles. The number of nitrogens with one attached hydrogen (secondary N) is 1. The number of carbonyl (C=O) groups is 2. The molecular formula is C15H21N3O3. The fraction of sp³-hybridized carbons (Fsp3) is 0.467.